The summed E-state index contributed by atoms with van der Waals surface area (Å²) < 4.78 is 5.03. The number of phenols is 1. The average Bonchev–Trinajstić information content (AvgIpc) is 2.36. The lowest BCUT2D eigenvalue weighted by Crippen LogP contribution is -2.26. The zero-order chi connectivity index (χ0) is 13.1. The molecule has 0 unspecified atom stereocenters. The molecule has 0 fully saturated rings. The van der Waals surface area contributed by atoms with Gasteiger partial charge in [0.25, 0.3) is 0 Å². The number of aromatic hydroxyl groups is 1. The van der Waals surface area contributed by atoms with E-state index in [0.29, 0.717) is 12.2 Å². The third-order valence-corrected chi connectivity index (χ3v) is 2.71. The number of nitrogens with one attached hydrogen (secondary N) is 1. The fourth-order valence-corrected chi connectivity index (χ4v) is 1.70. The van der Waals surface area contributed by atoms with Gasteiger partial charge in [-0.1, -0.05) is 6.07 Å². The highest BCUT2D eigenvalue weighted by Gasteiger charge is 2.14. The number of hydrogen-bond donors (Lipinski definition) is 2. The monoisotopic (exact) mass is 246 g/mol. The van der Waals surface area contributed by atoms with E-state index in [1.807, 2.05) is 13.0 Å². The Hall–Kier alpha value is -2.30. The largest absolute Gasteiger partial charge is 0.504 e. The molecule has 94 valence electrons. The first-order chi connectivity index (χ1) is 8.60. The molecule has 2 N–H and O–H groups in total. The lowest BCUT2D eigenvalue weighted by atomic mass is 10.0. The van der Waals surface area contributed by atoms with Crippen LogP contribution in [-0.4, -0.2) is 23.8 Å². The first kappa shape index (κ1) is 12.2. The quantitative estimate of drug-likeness (QED) is 0.834. The number of nitrogens with zero attached hydrogens (tertiary/aromatic N) is 1. The van der Waals surface area contributed by atoms with Crippen LogP contribution in [-0.2, 0) is 4.79 Å². The first-order valence-electron chi connectivity index (χ1n) is 5.51. The van der Waals surface area contributed by atoms with Crippen molar-refractivity contribution in [3.8, 4) is 11.5 Å². The average molecular weight is 246 g/mol. The minimum atomic E-state index is -0.127. The van der Waals surface area contributed by atoms with Gasteiger partial charge in [0, 0.05) is 0 Å². The third kappa shape index (κ3) is 2.51. The molecule has 1 aromatic rings. The van der Waals surface area contributed by atoms with E-state index in [9.17, 15) is 9.90 Å². The van der Waals surface area contributed by atoms with Crippen molar-refractivity contribution in [1.82, 2.24) is 5.43 Å². The van der Waals surface area contributed by atoms with Crippen LogP contribution in [0.5, 0.6) is 11.5 Å². The maximum Gasteiger partial charge on any atom is 0.244 e. The van der Waals surface area contributed by atoms with Crippen LogP contribution in [0.4, 0.5) is 0 Å². The summed E-state index contributed by atoms with van der Waals surface area (Å²) in [7, 11) is 1.49. The van der Waals surface area contributed by atoms with E-state index in [2.05, 4.69) is 10.5 Å². The number of hydrazone groups is 1. The Morgan fingerprint density at radius 3 is 3.00 bits per heavy atom. The van der Waals surface area contributed by atoms with Gasteiger partial charge in [-0.05, 0) is 36.3 Å². The highest BCUT2D eigenvalue weighted by molar-refractivity contribution is 6.08. The molecule has 18 heavy (non-hydrogen) atoms. The Morgan fingerprint density at radius 2 is 2.28 bits per heavy atom. The highest BCUT2D eigenvalue weighted by Crippen LogP contribution is 2.27. The maximum atomic E-state index is 11.3. The summed E-state index contributed by atoms with van der Waals surface area (Å²) in [6, 6.07) is 5.02. The van der Waals surface area contributed by atoms with E-state index < -0.39 is 0 Å². The summed E-state index contributed by atoms with van der Waals surface area (Å²) in [6.45, 7) is 1.84. The molecule has 0 radical (unpaired) electrons. The summed E-state index contributed by atoms with van der Waals surface area (Å²) in [5, 5.41) is 13.4. The van der Waals surface area contributed by atoms with Crippen molar-refractivity contribution in [2.24, 2.45) is 5.10 Å². The summed E-state index contributed by atoms with van der Waals surface area (Å²) in [5.41, 5.74) is 4.91. The van der Waals surface area contributed by atoms with Crippen LogP contribution in [0.2, 0.25) is 0 Å². The normalized spacial score (nSPS) is 17.3. The molecule has 0 aliphatic carbocycles. The minimum Gasteiger partial charge on any atom is -0.504 e. The zero-order valence-corrected chi connectivity index (χ0v) is 10.2. The summed E-state index contributed by atoms with van der Waals surface area (Å²) >= 11 is 0. The van der Waals surface area contributed by atoms with Crippen molar-refractivity contribution >= 4 is 17.7 Å². The van der Waals surface area contributed by atoms with E-state index >= 15 is 0 Å². The second-order valence-electron chi connectivity index (χ2n) is 4.01. The van der Waals surface area contributed by atoms with E-state index in [0.717, 1.165) is 16.8 Å². The van der Waals surface area contributed by atoms with Crippen molar-refractivity contribution in [2.75, 3.05) is 7.11 Å². The molecule has 1 aliphatic rings. The van der Waals surface area contributed by atoms with Gasteiger partial charge in [-0.2, -0.15) is 5.10 Å². The van der Waals surface area contributed by atoms with Crippen LogP contribution in [0.15, 0.2) is 28.9 Å². The molecule has 1 aromatic carbocycles. The lowest BCUT2D eigenvalue weighted by molar-refractivity contribution is -0.120. The van der Waals surface area contributed by atoms with E-state index in [4.69, 9.17) is 4.74 Å². The number of phenolic OH excluding ortho intramolecular Hbond substituents is 1. The van der Waals surface area contributed by atoms with Gasteiger partial charge in [-0.15, -0.1) is 0 Å². The molecule has 5 heteroatoms. The molecule has 1 amide bonds. The van der Waals surface area contributed by atoms with Gasteiger partial charge < -0.3 is 9.84 Å². The number of benzene rings is 1. The fourth-order valence-electron chi connectivity index (χ4n) is 1.70. The van der Waals surface area contributed by atoms with Gasteiger partial charge in [0.2, 0.25) is 5.91 Å². The molecule has 0 bridgehead atoms. The SMILES string of the molecule is COc1cc(C=C2CC(=O)NN=C2C)ccc1O. The number of ether oxygens (including phenoxy) is 1. The molecule has 0 aromatic heterocycles. The Kier molecular flexibility index (Phi) is 3.32. The van der Waals surface area contributed by atoms with Gasteiger partial charge >= 0.3 is 0 Å². The molecule has 1 heterocycles. The fraction of sp³-hybridized carbons (Fsp3) is 0.231. The smallest absolute Gasteiger partial charge is 0.244 e. The molecule has 0 saturated carbocycles. The first-order valence-corrected chi connectivity index (χ1v) is 5.51. The Balaban J connectivity index is 2.35. The Bertz CT molecular complexity index is 547. The number of carbonyl (C=O) groups excluding carboxylic acids is 1. The second-order valence-corrected chi connectivity index (χ2v) is 4.01. The van der Waals surface area contributed by atoms with E-state index in [1.54, 1.807) is 18.2 Å². The molecule has 0 atom stereocenters. The second kappa shape index (κ2) is 4.91. The van der Waals surface area contributed by atoms with Crippen molar-refractivity contribution in [3.63, 3.8) is 0 Å². The summed E-state index contributed by atoms with van der Waals surface area (Å²) in [6.07, 6.45) is 2.16. The number of amides is 1. The van der Waals surface area contributed by atoms with Crippen molar-refractivity contribution in [3.05, 3.63) is 29.3 Å². The third-order valence-electron chi connectivity index (χ3n) is 2.71. The predicted octanol–water partition coefficient (Wildman–Crippen LogP) is 1.68. The number of methoxy groups -OCH3 is 1. The number of rotatable bonds is 2. The van der Waals surface area contributed by atoms with Crippen molar-refractivity contribution in [2.45, 2.75) is 13.3 Å². The Labute approximate surface area is 105 Å². The van der Waals surface area contributed by atoms with Crippen LogP contribution in [0.3, 0.4) is 0 Å². The van der Waals surface area contributed by atoms with Crippen molar-refractivity contribution < 1.29 is 14.6 Å². The van der Waals surface area contributed by atoms with Crippen LogP contribution in [0, 0.1) is 0 Å². The lowest BCUT2D eigenvalue weighted by Gasteiger charge is -2.13. The predicted molar refractivity (Wildman–Crippen MR) is 68.5 cm³/mol. The van der Waals surface area contributed by atoms with E-state index in [-0.39, 0.29) is 11.7 Å². The minimum absolute atomic E-state index is 0.0893. The van der Waals surface area contributed by atoms with Crippen LogP contribution in [0.25, 0.3) is 6.08 Å². The summed E-state index contributed by atoms with van der Waals surface area (Å²) in [5.74, 6) is 0.364. The summed E-state index contributed by atoms with van der Waals surface area (Å²) in [4.78, 5) is 11.3. The molecule has 0 saturated heterocycles. The van der Waals surface area contributed by atoms with Crippen LogP contribution >= 0.6 is 0 Å². The molecule has 1 aliphatic heterocycles. The Morgan fingerprint density at radius 1 is 1.50 bits per heavy atom. The number of hydrogen-bond acceptors (Lipinski definition) is 4. The highest BCUT2D eigenvalue weighted by atomic mass is 16.5. The molecule has 0 spiro atoms. The van der Waals surface area contributed by atoms with E-state index in [1.165, 1.54) is 7.11 Å². The van der Waals surface area contributed by atoms with Crippen molar-refractivity contribution in [1.29, 1.82) is 0 Å². The van der Waals surface area contributed by atoms with Gasteiger partial charge in [-0.3, -0.25) is 4.79 Å². The van der Waals surface area contributed by atoms with Gasteiger partial charge in [0.1, 0.15) is 0 Å². The van der Waals surface area contributed by atoms with Gasteiger partial charge in [-0.25, -0.2) is 5.43 Å². The zero-order valence-electron chi connectivity index (χ0n) is 10.2. The van der Waals surface area contributed by atoms with Gasteiger partial charge in [0.05, 0.1) is 19.2 Å². The van der Waals surface area contributed by atoms with Crippen LogP contribution in [0.1, 0.15) is 18.9 Å². The van der Waals surface area contributed by atoms with Crippen LogP contribution < -0.4 is 10.2 Å². The standard InChI is InChI=1S/C13H14N2O3/c1-8-10(7-13(17)15-14-8)5-9-3-4-11(16)12(6-9)18-2/h3-6,16H,7H2,1-2H3,(H,15,17). The molecular weight excluding hydrogens is 232 g/mol. The maximum absolute atomic E-state index is 11.3. The molecule has 5 nitrogen and oxygen atoms in total. The molecule has 2 rings (SSSR count). The topological polar surface area (TPSA) is 70.9 Å². The van der Waals surface area contributed by atoms with Gasteiger partial charge in [0.15, 0.2) is 11.5 Å². The number of carbonyl (C=O) groups is 1. The molecular formula is C13H14N2O3.